The number of benzene rings is 2. The van der Waals surface area contributed by atoms with Crippen molar-refractivity contribution in [2.24, 2.45) is 0 Å². The van der Waals surface area contributed by atoms with Crippen LogP contribution in [0.1, 0.15) is 43.9 Å². The van der Waals surface area contributed by atoms with Crippen LogP contribution in [0.4, 0.5) is 0 Å². The maximum atomic E-state index is 9.42. The Kier molecular flexibility index (Phi) is 4.69. The first-order valence-electron chi connectivity index (χ1n) is 7.45. The van der Waals surface area contributed by atoms with E-state index in [1.54, 1.807) is 0 Å². The lowest BCUT2D eigenvalue weighted by atomic mass is 9.82. The Labute approximate surface area is 127 Å². The Morgan fingerprint density at radius 2 is 1.71 bits per heavy atom. The van der Waals surface area contributed by atoms with E-state index in [9.17, 15) is 5.11 Å². The Balaban J connectivity index is 2.21. The van der Waals surface area contributed by atoms with Crippen LogP contribution in [0.3, 0.4) is 0 Å². The summed E-state index contributed by atoms with van der Waals surface area (Å²) in [5.74, 6) is 1.51. The summed E-state index contributed by atoms with van der Waals surface area (Å²) in [7, 11) is 0. The fraction of sp³-hybridized carbons (Fsp3) is 0.368. The highest BCUT2D eigenvalue weighted by Crippen LogP contribution is 2.30. The highest BCUT2D eigenvalue weighted by Gasteiger charge is 2.17. The minimum absolute atomic E-state index is 0.0159. The molecule has 0 heterocycles. The van der Waals surface area contributed by atoms with Gasteiger partial charge in [0.05, 0.1) is 6.61 Å². The first kappa shape index (κ1) is 15.6. The zero-order valence-corrected chi connectivity index (χ0v) is 13.3. The van der Waals surface area contributed by atoms with Gasteiger partial charge in [0.1, 0.15) is 11.5 Å². The molecule has 21 heavy (non-hydrogen) atoms. The van der Waals surface area contributed by atoms with Crippen LogP contribution in [0.2, 0.25) is 0 Å². The van der Waals surface area contributed by atoms with Crippen molar-refractivity contribution >= 4 is 0 Å². The summed E-state index contributed by atoms with van der Waals surface area (Å²) in [4.78, 5) is 0. The summed E-state index contributed by atoms with van der Waals surface area (Å²) >= 11 is 0. The predicted octanol–water partition coefficient (Wildman–Crippen LogP) is 4.97. The second kappa shape index (κ2) is 6.31. The van der Waals surface area contributed by atoms with Crippen molar-refractivity contribution in [3.05, 3.63) is 59.2 Å². The summed E-state index contributed by atoms with van der Waals surface area (Å²) in [6.45, 7) is 8.67. The van der Waals surface area contributed by atoms with E-state index in [0.29, 0.717) is 5.75 Å². The van der Waals surface area contributed by atoms with E-state index in [1.807, 2.05) is 37.3 Å². The second-order valence-electron chi connectivity index (χ2n) is 6.13. The molecular formula is C19H24O2. The van der Waals surface area contributed by atoms with E-state index in [0.717, 1.165) is 23.3 Å². The van der Waals surface area contributed by atoms with Crippen LogP contribution in [0.25, 0.3) is 0 Å². The fourth-order valence-corrected chi connectivity index (χ4v) is 2.24. The monoisotopic (exact) mass is 284 g/mol. The van der Waals surface area contributed by atoms with Gasteiger partial charge in [-0.2, -0.15) is 0 Å². The van der Waals surface area contributed by atoms with E-state index in [4.69, 9.17) is 4.74 Å². The summed E-state index contributed by atoms with van der Waals surface area (Å²) in [6, 6.07) is 14.1. The quantitative estimate of drug-likeness (QED) is 0.840. The normalized spacial score (nSPS) is 11.5. The lowest BCUT2D eigenvalue weighted by molar-refractivity contribution is 0.276. The van der Waals surface area contributed by atoms with Gasteiger partial charge in [-0.05, 0) is 42.5 Å². The summed E-state index contributed by atoms with van der Waals surface area (Å²) < 4.78 is 5.90. The molecule has 1 N–H and O–H groups in total. The van der Waals surface area contributed by atoms with E-state index in [2.05, 4.69) is 32.9 Å². The van der Waals surface area contributed by atoms with Crippen molar-refractivity contribution in [3.63, 3.8) is 0 Å². The van der Waals surface area contributed by atoms with Crippen molar-refractivity contribution in [1.82, 2.24) is 0 Å². The van der Waals surface area contributed by atoms with Gasteiger partial charge in [0.25, 0.3) is 0 Å². The van der Waals surface area contributed by atoms with E-state index >= 15 is 0 Å². The van der Waals surface area contributed by atoms with Crippen LogP contribution < -0.4 is 4.74 Å². The summed E-state index contributed by atoms with van der Waals surface area (Å²) in [5.41, 5.74) is 3.42. The van der Waals surface area contributed by atoms with E-state index in [-0.39, 0.29) is 12.0 Å². The zero-order valence-electron chi connectivity index (χ0n) is 13.3. The van der Waals surface area contributed by atoms with Crippen molar-refractivity contribution in [2.45, 2.75) is 46.1 Å². The van der Waals surface area contributed by atoms with E-state index in [1.165, 1.54) is 5.56 Å². The highest BCUT2D eigenvalue weighted by atomic mass is 16.5. The maximum absolute atomic E-state index is 9.42. The van der Waals surface area contributed by atoms with Crippen LogP contribution in [0, 0.1) is 6.92 Å². The van der Waals surface area contributed by atoms with Gasteiger partial charge in [-0.15, -0.1) is 0 Å². The molecule has 2 rings (SSSR count). The standard InChI is InChI=1S/C19H24O2/c1-5-19(3,4)16-7-9-17(10-8-16)21-18-11-6-14(2)12-15(18)13-20/h6-12,20H,5,13H2,1-4H3. The third kappa shape index (κ3) is 3.64. The van der Waals surface area contributed by atoms with Gasteiger partial charge in [-0.25, -0.2) is 0 Å². The zero-order chi connectivity index (χ0) is 15.5. The number of aryl methyl sites for hydroxylation is 1. The van der Waals surface area contributed by atoms with Gasteiger partial charge in [-0.3, -0.25) is 0 Å². The van der Waals surface area contributed by atoms with Crippen molar-refractivity contribution in [1.29, 1.82) is 0 Å². The molecule has 0 aliphatic heterocycles. The van der Waals surface area contributed by atoms with Crippen LogP contribution in [0.15, 0.2) is 42.5 Å². The van der Waals surface area contributed by atoms with Gasteiger partial charge in [0.15, 0.2) is 0 Å². The summed E-state index contributed by atoms with van der Waals surface area (Å²) in [5, 5.41) is 9.42. The van der Waals surface area contributed by atoms with Crippen LogP contribution in [0.5, 0.6) is 11.5 Å². The van der Waals surface area contributed by atoms with Gasteiger partial charge >= 0.3 is 0 Å². The lowest BCUT2D eigenvalue weighted by Gasteiger charge is -2.23. The third-order valence-corrected chi connectivity index (χ3v) is 4.13. The number of aliphatic hydroxyl groups excluding tert-OH is 1. The molecule has 0 atom stereocenters. The highest BCUT2D eigenvalue weighted by molar-refractivity contribution is 5.41. The Bertz CT molecular complexity index is 597. The first-order valence-corrected chi connectivity index (χ1v) is 7.45. The first-order chi connectivity index (χ1) is 9.96. The van der Waals surface area contributed by atoms with Gasteiger partial charge in [0.2, 0.25) is 0 Å². The van der Waals surface area contributed by atoms with Gasteiger partial charge in [-0.1, -0.05) is 50.6 Å². The lowest BCUT2D eigenvalue weighted by Crippen LogP contribution is -2.14. The Hall–Kier alpha value is -1.80. The maximum Gasteiger partial charge on any atom is 0.132 e. The van der Waals surface area contributed by atoms with Gasteiger partial charge < -0.3 is 9.84 Å². The van der Waals surface area contributed by atoms with Crippen LogP contribution >= 0.6 is 0 Å². The molecule has 2 aromatic rings. The molecule has 0 bridgehead atoms. The van der Waals surface area contributed by atoms with Crippen molar-refractivity contribution in [3.8, 4) is 11.5 Å². The molecule has 0 spiro atoms. The molecule has 0 unspecified atom stereocenters. The molecule has 112 valence electrons. The molecule has 0 fully saturated rings. The topological polar surface area (TPSA) is 29.5 Å². The molecular weight excluding hydrogens is 260 g/mol. The SMILES string of the molecule is CCC(C)(C)c1ccc(Oc2ccc(C)cc2CO)cc1. The molecule has 0 aliphatic carbocycles. The Morgan fingerprint density at radius 3 is 2.29 bits per heavy atom. The molecule has 0 saturated carbocycles. The molecule has 2 aromatic carbocycles. The van der Waals surface area contributed by atoms with Crippen molar-refractivity contribution < 1.29 is 9.84 Å². The minimum Gasteiger partial charge on any atom is -0.457 e. The third-order valence-electron chi connectivity index (χ3n) is 4.13. The molecule has 0 saturated heterocycles. The molecule has 0 aliphatic rings. The number of hydrogen-bond donors (Lipinski definition) is 1. The molecule has 0 amide bonds. The van der Waals surface area contributed by atoms with Crippen LogP contribution in [-0.4, -0.2) is 5.11 Å². The number of hydrogen-bond acceptors (Lipinski definition) is 2. The largest absolute Gasteiger partial charge is 0.457 e. The molecule has 2 heteroatoms. The van der Waals surface area contributed by atoms with Gasteiger partial charge in [0, 0.05) is 5.56 Å². The fourth-order valence-electron chi connectivity index (χ4n) is 2.24. The number of ether oxygens (including phenoxy) is 1. The average molecular weight is 284 g/mol. The second-order valence-corrected chi connectivity index (χ2v) is 6.13. The van der Waals surface area contributed by atoms with Crippen molar-refractivity contribution in [2.75, 3.05) is 0 Å². The summed E-state index contributed by atoms with van der Waals surface area (Å²) in [6.07, 6.45) is 1.10. The number of rotatable bonds is 5. The average Bonchev–Trinajstić information content (AvgIpc) is 2.49. The van der Waals surface area contributed by atoms with E-state index < -0.39 is 0 Å². The predicted molar refractivity (Wildman–Crippen MR) is 86.9 cm³/mol. The molecule has 0 aromatic heterocycles. The molecule has 2 nitrogen and oxygen atoms in total. The van der Waals surface area contributed by atoms with Crippen LogP contribution in [-0.2, 0) is 12.0 Å². The smallest absolute Gasteiger partial charge is 0.132 e. The molecule has 0 radical (unpaired) electrons. The Morgan fingerprint density at radius 1 is 1.05 bits per heavy atom. The minimum atomic E-state index is -0.0159. The number of aliphatic hydroxyl groups is 1.